The van der Waals surface area contributed by atoms with Gasteiger partial charge in [-0.2, -0.15) is 0 Å². The first-order chi connectivity index (χ1) is 20.1. The Kier molecular flexibility index (Phi) is 12.0. The molecule has 1 N–H and O–H groups in total. The van der Waals surface area contributed by atoms with Crippen molar-refractivity contribution in [2.45, 2.75) is 45.8 Å². The van der Waals surface area contributed by atoms with Gasteiger partial charge in [0, 0.05) is 22.8 Å². The third-order valence-electron chi connectivity index (χ3n) is 7.32. The molecule has 0 radical (unpaired) electrons. The molecule has 43 heavy (non-hydrogen) atoms. The Hall–Kier alpha value is -3.57. The van der Waals surface area contributed by atoms with E-state index in [0.29, 0.717) is 5.56 Å². The molecule has 0 fully saturated rings. The summed E-state index contributed by atoms with van der Waals surface area (Å²) in [6.07, 6.45) is 0.110. The van der Waals surface area contributed by atoms with E-state index >= 15 is 4.39 Å². The van der Waals surface area contributed by atoms with Crippen LogP contribution in [0.3, 0.4) is 0 Å². The predicted octanol–water partition coefficient (Wildman–Crippen LogP) is 0.494. The van der Waals surface area contributed by atoms with Crippen LogP contribution in [0.4, 0.5) is 8.78 Å². The van der Waals surface area contributed by atoms with Crippen molar-refractivity contribution < 1.29 is 53.0 Å². The third-order valence-corrected chi connectivity index (χ3v) is 7.32. The summed E-state index contributed by atoms with van der Waals surface area (Å²) in [6.45, 7) is 3.19. The summed E-state index contributed by atoms with van der Waals surface area (Å²) in [5.41, 5.74) is 0.299. The van der Waals surface area contributed by atoms with Gasteiger partial charge in [-0.15, -0.1) is 0 Å². The SMILES string of the molecule is COc1cccc(-c2c(C)n(Cc3c(C)cccc3F)c(=O)n(C[C@H](NCCCC(=O)[O-])c3ccccc3)c2=O)c1F.[Na+]. The number of ether oxygens (including phenoxy) is 1. The van der Waals surface area contributed by atoms with E-state index in [2.05, 4.69) is 5.32 Å². The van der Waals surface area contributed by atoms with E-state index in [1.54, 1.807) is 37.3 Å². The van der Waals surface area contributed by atoms with Gasteiger partial charge in [-0.25, -0.2) is 13.6 Å². The zero-order valence-electron chi connectivity index (χ0n) is 24.7. The van der Waals surface area contributed by atoms with Gasteiger partial charge < -0.3 is 20.0 Å². The first-order valence-corrected chi connectivity index (χ1v) is 13.5. The Morgan fingerprint density at radius 1 is 0.977 bits per heavy atom. The second-order valence-electron chi connectivity index (χ2n) is 9.99. The quantitative estimate of drug-likeness (QED) is 0.188. The molecular formula is C32H32F2N3NaO5. The van der Waals surface area contributed by atoms with Crippen LogP contribution in [0.1, 0.15) is 41.3 Å². The van der Waals surface area contributed by atoms with Crippen molar-refractivity contribution >= 4 is 5.97 Å². The number of halogens is 2. The second-order valence-corrected chi connectivity index (χ2v) is 9.99. The van der Waals surface area contributed by atoms with Gasteiger partial charge in [-0.05, 0) is 56.5 Å². The van der Waals surface area contributed by atoms with Crippen LogP contribution in [0, 0.1) is 25.5 Å². The number of rotatable bonds is 12. The van der Waals surface area contributed by atoms with E-state index in [-0.39, 0.29) is 90.2 Å². The molecule has 3 aromatic carbocycles. The van der Waals surface area contributed by atoms with E-state index < -0.39 is 34.9 Å². The summed E-state index contributed by atoms with van der Waals surface area (Å²) in [4.78, 5) is 38.9. The molecule has 11 heteroatoms. The van der Waals surface area contributed by atoms with Crippen molar-refractivity contribution in [1.82, 2.24) is 14.5 Å². The zero-order chi connectivity index (χ0) is 30.4. The van der Waals surface area contributed by atoms with Crippen molar-refractivity contribution in [1.29, 1.82) is 0 Å². The van der Waals surface area contributed by atoms with Crippen LogP contribution in [-0.2, 0) is 17.9 Å². The van der Waals surface area contributed by atoms with Gasteiger partial charge in [0.05, 0.1) is 31.8 Å². The molecule has 1 heterocycles. The molecule has 1 aromatic heterocycles. The largest absolute Gasteiger partial charge is 1.00 e. The molecule has 4 aromatic rings. The minimum absolute atomic E-state index is 0. The summed E-state index contributed by atoms with van der Waals surface area (Å²) in [7, 11) is 1.31. The van der Waals surface area contributed by atoms with Gasteiger partial charge >= 0.3 is 35.2 Å². The van der Waals surface area contributed by atoms with E-state index in [9.17, 15) is 23.9 Å². The molecule has 220 valence electrons. The zero-order valence-corrected chi connectivity index (χ0v) is 26.7. The molecule has 0 amide bonds. The normalized spacial score (nSPS) is 11.6. The monoisotopic (exact) mass is 599 g/mol. The van der Waals surface area contributed by atoms with Crippen LogP contribution < -0.4 is 56.0 Å². The fourth-order valence-electron chi connectivity index (χ4n) is 5.01. The standard InChI is InChI=1S/C32H33F2N3O5.Na/c1-20-10-7-14-25(33)24(20)18-36-21(2)29(23-13-8-15-27(42-3)30(23)34)31(40)37(32(36)41)19-26(22-11-5-4-6-12-22)35-17-9-16-28(38)39;/h4-8,10-15,26,35H,9,16-19H2,1-3H3,(H,38,39);/q;+1/p-1/t26-;/m0./s1. The van der Waals surface area contributed by atoms with Crippen LogP contribution in [-0.4, -0.2) is 28.8 Å². The van der Waals surface area contributed by atoms with Crippen LogP contribution in [0.2, 0.25) is 0 Å². The number of carbonyl (C=O) groups is 1. The van der Waals surface area contributed by atoms with Crippen LogP contribution in [0.5, 0.6) is 5.75 Å². The molecular weight excluding hydrogens is 567 g/mol. The van der Waals surface area contributed by atoms with E-state index in [4.69, 9.17) is 4.74 Å². The maximum absolute atomic E-state index is 15.6. The Balaban J connectivity index is 0.00000506. The molecule has 0 aliphatic heterocycles. The average molecular weight is 600 g/mol. The van der Waals surface area contributed by atoms with Crippen molar-refractivity contribution in [2.24, 2.45) is 0 Å². The summed E-state index contributed by atoms with van der Waals surface area (Å²) in [6, 6.07) is 17.5. The van der Waals surface area contributed by atoms with Crippen LogP contribution in [0.25, 0.3) is 11.1 Å². The number of aliphatic carboxylic acids is 1. The summed E-state index contributed by atoms with van der Waals surface area (Å²) in [5.74, 6) is -2.53. The van der Waals surface area contributed by atoms with Gasteiger partial charge in [0.1, 0.15) is 5.82 Å². The number of carbonyl (C=O) groups excluding carboxylic acids is 1. The minimum Gasteiger partial charge on any atom is -0.550 e. The second kappa shape index (κ2) is 15.2. The number of benzene rings is 3. The summed E-state index contributed by atoms with van der Waals surface area (Å²) < 4.78 is 37.9. The number of methoxy groups -OCH3 is 1. The average Bonchev–Trinajstić information content (AvgIpc) is 2.97. The molecule has 0 bridgehead atoms. The molecule has 0 spiro atoms. The van der Waals surface area contributed by atoms with Gasteiger partial charge in [0.25, 0.3) is 5.56 Å². The fraction of sp³-hybridized carbons (Fsp3) is 0.281. The van der Waals surface area contributed by atoms with Crippen molar-refractivity contribution in [3.63, 3.8) is 0 Å². The molecule has 0 unspecified atom stereocenters. The number of nitrogens with one attached hydrogen (secondary N) is 1. The number of hydrogen-bond acceptors (Lipinski definition) is 6. The molecule has 4 rings (SSSR count). The van der Waals surface area contributed by atoms with Gasteiger partial charge in [-0.1, -0.05) is 54.6 Å². The number of carboxylic acids is 1. The number of aromatic nitrogens is 2. The number of carboxylic acid groups (broad SMARTS) is 1. The first-order valence-electron chi connectivity index (χ1n) is 13.5. The topological polar surface area (TPSA) is 105 Å². The Morgan fingerprint density at radius 3 is 2.33 bits per heavy atom. The predicted molar refractivity (Wildman–Crippen MR) is 153 cm³/mol. The molecule has 8 nitrogen and oxygen atoms in total. The van der Waals surface area contributed by atoms with Crippen LogP contribution >= 0.6 is 0 Å². The number of nitrogens with zero attached hydrogens (tertiary/aromatic N) is 2. The van der Waals surface area contributed by atoms with E-state index in [1.165, 1.54) is 36.8 Å². The molecule has 0 aliphatic rings. The summed E-state index contributed by atoms with van der Waals surface area (Å²) >= 11 is 0. The van der Waals surface area contributed by atoms with E-state index in [1.807, 2.05) is 18.2 Å². The third kappa shape index (κ3) is 7.69. The van der Waals surface area contributed by atoms with Crippen molar-refractivity contribution in [3.05, 3.63) is 122 Å². The molecule has 0 aliphatic carbocycles. The Bertz CT molecular complexity index is 1690. The summed E-state index contributed by atoms with van der Waals surface area (Å²) in [5, 5.41) is 14.1. The smallest absolute Gasteiger partial charge is 0.550 e. The van der Waals surface area contributed by atoms with Crippen molar-refractivity contribution in [3.8, 4) is 16.9 Å². The number of aryl methyl sites for hydroxylation is 1. The van der Waals surface area contributed by atoms with Gasteiger partial charge in [0.15, 0.2) is 11.6 Å². The Labute approximate surface area is 270 Å². The number of hydrogen-bond donors (Lipinski definition) is 1. The maximum Gasteiger partial charge on any atom is 1.00 e. The molecule has 0 saturated carbocycles. The minimum atomic E-state index is -1.18. The first kappa shape index (κ1) is 33.9. The Morgan fingerprint density at radius 2 is 1.67 bits per heavy atom. The van der Waals surface area contributed by atoms with Gasteiger partial charge in [-0.3, -0.25) is 13.9 Å². The van der Waals surface area contributed by atoms with Crippen LogP contribution in [0.15, 0.2) is 76.3 Å². The molecule has 1 atom stereocenters. The van der Waals surface area contributed by atoms with E-state index in [0.717, 1.165) is 10.1 Å². The fourth-order valence-corrected chi connectivity index (χ4v) is 5.01. The van der Waals surface area contributed by atoms with Gasteiger partial charge in [0.2, 0.25) is 0 Å². The maximum atomic E-state index is 15.6. The van der Waals surface area contributed by atoms with Crippen molar-refractivity contribution in [2.75, 3.05) is 13.7 Å². The molecule has 0 saturated heterocycles.